The highest BCUT2D eigenvalue weighted by atomic mass is 16.6. The number of fused-ring (bicyclic) bond motifs is 1. The maximum Gasteiger partial charge on any atom is 0.341 e. The zero-order chi connectivity index (χ0) is 16.4. The molecule has 2 aliphatic heterocycles. The summed E-state index contributed by atoms with van der Waals surface area (Å²) in [5.41, 5.74) is 0.301. The van der Waals surface area contributed by atoms with Crippen LogP contribution < -0.4 is 4.74 Å². The Bertz CT molecular complexity index is 584. The number of carboxylic acids is 1. The van der Waals surface area contributed by atoms with Crippen molar-refractivity contribution >= 4 is 11.9 Å². The van der Waals surface area contributed by atoms with E-state index in [1.807, 2.05) is 0 Å². The molecule has 0 aromatic heterocycles. The van der Waals surface area contributed by atoms with E-state index in [1.165, 1.54) is 24.3 Å². The fraction of sp³-hybridized carbons (Fsp3) is 0.467. The van der Waals surface area contributed by atoms with Gasteiger partial charge in [0.2, 0.25) is 0 Å². The van der Waals surface area contributed by atoms with Crippen LogP contribution in [0, 0.1) is 0 Å². The van der Waals surface area contributed by atoms with Gasteiger partial charge in [-0.15, -0.1) is 0 Å². The first kappa shape index (κ1) is 15.7. The maximum absolute atomic E-state index is 12.1. The Morgan fingerprint density at radius 1 is 1.13 bits per heavy atom. The number of ether oxygens (including phenoxy) is 4. The number of carbonyl (C=O) groups excluding carboxylic acids is 1. The number of esters is 1. The summed E-state index contributed by atoms with van der Waals surface area (Å²) >= 11 is 0. The zero-order valence-corrected chi connectivity index (χ0v) is 12.1. The van der Waals surface area contributed by atoms with Crippen LogP contribution in [0.15, 0.2) is 24.3 Å². The van der Waals surface area contributed by atoms with E-state index in [-0.39, 0.29) is 13.2 Å². The first-order chi connectivity index (χ1) is 11.0. The third-order valence-electron chi connectivity index (χ3n) is 3.69. The van der Waals surface area contributed by atoms with Crippen LogP contribution in [0.3, 0.4) is 0 Å². The summed E-state index contributed by atoms with van der Waals surface area (Å²) in [5.74, 6) is -1.28. The van der Waals surface area contributed by atoms with E-state index in [9.17, 15) is 14.7 Å². The van der Waals surface area contributed by atoms with Gasteiger partial charge in [0, 0.05) is 0 Å². The summed E-state index contributed by atoms with van der Waals surface area (Å²) < 4.78 is 21.1. The van der Waals surface area contributed by atoms with Gasteiger partial charge in [-0.3, -0.25) is 0 Å². The van der Waals surface area contributed by atoms with Crippen molar-refractivity contribution in [2.75, 3.05) is 19.8 Å². The molecule has 2 saturated heterocycles. The minimum atomic E-state index is -1.08. The molecule has 0 unspecified atom stereocenters. The number of benzene rings is 1. The van der Waals surface area contributed by atoms with Gasteiger partial charge in [-0.2, -0.15) is 0 Å². The second-order valence-corrected chi connectivity index (χ2v) is 5.31. The summed E-state index contributed by atoms with van der Waals surface area (Å²) in [5, 5.41) is 18.2. The standard InChI is InChI=1S/C15H16O8/c16-10-5-21-14-11(6-22-13(10)14)23-15(19)8-1-3-9(4-2-8)20-7-12(17)18/h1-4,10-11,13-14,16H,5-7H2,(H,17,18)/t10-,11-,13+,14+/m0/s1. The minimum absolute atomic E-state index is 0.166. The summed E-state index contributed by atoms with van der Waals surface area (Å²) in [6.45, 7) is -0.108. The van der Waals surface area contributed by atoms with Gasteiger partial charge in [0.05, 0.1) is 18.8 Å². The highest BCUT2D eigenvalue weighted by Gasteiger charge is 2.48. The van der Waals surface area contributed by atoms with Gasteiger partial charge < -0.3 is 29.2 Å². The Hall–Kier alpha value is -2.16. The van der Waals surface area contributed by atoms with Crippen LogP contribution in [0.2, 0.25) is 0 Å². The lowest BCUT2D eigenvalue weighted by molar-refractivity contribution is -0.139. The molecule has 1 aromatic carbocycles. The second kappa shape index (κ2) is 6.53. The average molecular weight is 324 g/mol. The number of aliphatic carboxylic acids is 1. The predicted octanol–water partition coefficient (Wildman–Crippen LogP) is -0.166. The fourth-order valence-electron chi connectivity index (χ4n) is 2.58. The highest BCUT2D eigenvalue weighted by molar-refractivity contribution is 5.89. The van der Waals surface area contributed by atoms with Crippen molar-refractivity contribution in [3.63, 3.8) is 0 Å². The number of aliphatic hydroxyl groups is 1. The first-order valence-corrected chi connectivity index (χ1v) is 7.11. The first-order valence-electron chi connectivity index (χ1n) is 7.11. The number of carbonyl (C=O) groups is 2. The molecule has 4 atom stereocenters. The van der Waals surface area contributed by atoms with E-state index in [0.717, 1.165) is 0 Å². The third-order valence-corrected chi connectivity index (χ3v) is 3.69. The summed E-state index contributed by atoms with van der Waals surface area (Å²) in [6, 6.07) is 5.95. The Balaban J connectivity index is 1.57. The van der Waals surface area contributed by atoms with Gasteiger partial charge in [-0.25, -0.2) is 9.59 Å². The van der Waals surface area contributed by atoms with E-state index < -0.39 is 43.0 Å². The van der Waals surface area contributed by atoms with E-state index >= 15 is 0 Å². The van der Waals surface area contributed by atoms with Gasteiger partial charge in [-0.1, -0.05) is 0 Å². The molecule has 124 valence electrons. The quantitative estimate of drug-likeness (QED) is 0.718. The van der Waals surface area contributed by atoms with E-state index in [4.69, 9.17) is 24.1 Å². The molecule has 0 spiro atoms. The molecule has 23 heavy (non-hydrogen) atoms. The normalized spacial score (nSPS) is 29.1. The number of aliphatic hydroxyl groups excluding tert-OH is 1. The summed E-state index contributed by atoms with van der Waals surface area (Å²) in [4.78, 5) is 22.5. The highest BCUT2D eigenvalue weighted by Crippen LogP contribution is 2.29. The largest absolute Gasteiger partial charge is 0.482 e. The maximum atomic E-state index is 12.1. The monoisotopic (exact) mass is 324 g/mol. The van der Waals surface area contributed by atoms with Crippen molar-refractivity contribution in [3.05, 3.63) is 29.8 Å². The molecular weight excluding hydrogens is 308 g/mol. The van der Waals surface area contributed by atoms with Crippen LogP contribution in [-0.4, -0.2) is 66.4 Å². The summed E-state index contributed by atoms with van der Waals surface area (Å²) in [6.07, 6.45) is -2.17. The van der Waals surface area contributed by atoms with Crippen molar-refractivity contribution in [1.82, 2.24) is 0 Å². The average Bonchev–Trinajstić information content (AvgIpc) is 3.10. The van der Waals surface area contributed by atoms with Crippen LogP contribution in [0.1, 0.15) is 10.4 Å². The predicted molar refractivity (Wildman–Crippen MR) is 74.3 cm³/mol. The van der Waals surface area contributed by atoms with Crippen molar-refractivity contribution in [3.8, 4) is 5.75 Å². The molecule has 2 N–H and O–H groups in total. The molecule has 0 saturated carbocycles. The molecule has 0 bridgehead atoms. The molecule has 0 radical (unpaired) electrons. The minimum Gasteiger partial charge on any atom is -0.482 e. The fourth-order valence-corrected chi connectivity index (χ4v) is 2.58. The molecule has 2 fully saturated rings. The van der Waals surface area contributed by atoms with Crippen LogP contribution in [0.25, 0.3) is 0 Å². The van der Waals surface area contributed by atoms with Gasteiger partial charge in [0.15, 0.2) is 12.7 Å². The molecule has 0 amide bonds. The topological polar surface area (TPSA) is 112 Å². The molecule has 8 nitrogen and oxygen atoms in total. The molecule has 3 rings (SSSR count). The van der Waals surface area contributed by atoms with Crippen LogP contribution >= 0.6 is 0 Å². The van der Waals surface area contributed by atoms with Crippen LogP contribution in [0.4, 0.5) is 0 Å². The molecular formula is C15H16O8. The molecule has 8 heteroatoms. The zero-order valence-electron chi connectivity index (χ0n) is 12.1. The van der Waals surface area contributed by atoms with Crippen molar-refractivity contribution in [1.29, 1.82) is 0 Å². The Kier molecular flexibility index (Phi) is 4.46. The van der Waals surface area contributed by atoms with Crippen molar-refractivity contribution in [2.24, 2.45) is 0 Å². The lowest BCUT2D eigenvalue weighted by Crippen LogP contribution is -2.34. The lowest BCUT2D eigenvalue weighted by Gasteiger charge is -2.16. The smallest absolute Gasteiger partial charge is 0.341 e. The van der Waals surface area contributed by atoms with Gasteiger partial charge >= 0.3 is 11.9 Å². The van der Waals surface area contributed by atoms with E-state index in [1.54, 1.807) is 0 Å². The Morgan fingerprint density at radius 2 is 1.83 bits per heavy atom. The summed E-state index contributed by atoms with van der Waals surface area (Å²) in [7, 11) is 0. The number of carboxylic acid groups (broad SMARTS) is 1. The molecule has 2 heterocycles. The van der Waals surface area contributed by atoms with Crippen molar-refractivity contribution < 1.29 is 38.7 Å². The van der Waals surface area contributed by atoms with Gasteiger partial charge in [-0.05, 0) is 24.3 Å². The van der Waals surface area contributed by atoms with Crippen LogP contribution in [0.5, 0.6) is 5.75 Å². The Labute approximate surface area is 131 Å². The van der Waals surface area contributed by atoms with E-state index in [2.05, 4.69) is 0 Å². The van der Waals surface area contributed by atoms with Crippen molar-refractivity contribution in [2.45, 2.75) is 24.4 Å². The van der Waals surface area contributed by atoms with Gasteiger partial charge in [0.1, 0.15) is 24.1 Å². The van der Waals surface area contributed by atoms with Crippen LogP contribution in [-0.2, 0) is 19.0 Å². The SMILES string of the molecule is O=C(O)COc1ccc(C(=O)O[C@H]2CO[C@H]3[C@@H]2OC[C@@H]3O)cc1. The number of rotatable bonds is 5. The third kappa shape index (κ3) is 3.44. The number of hydrogen-bond acceptors (Lipinski definition) is 7. The Morgan fingerprint density at radius 3 is 2.52 bits per heavy atom. The second-order valence-electron chi connectivity index (χ2n) is 5.31. The number of hydrogen-bond donors (Lipinski definition) is 2. The molecule has 0 aliphatic carbocycles. The van der Waals surface area contributed by atoms with E-state index in [0.29, 0.717) is 11.3 Å². The van der Waals surface area contributed by atoms with Gasteiger partial charge in [0.25, 0.3) is 0 Å². The molecule has 2 aliphatic rings. The molecule has 1 aromatic rings. The lowest BCUT2D eigenvalue weighted by atomic mass is 10.1.